The van der Waals surface area contributed by atoms with E-state index in [1.165, 1.54) is 103 Å². The zero-order valence-corrected chi connectivity index (χ0v) is 33.7. The number of rotatable bonds is 39. The van der Waals surface area contributed by atoms with Crippen LogP contribution in [-0.4, -0.2) is 49.3 Å². The third-order valence-corrected chi connectivity index (χ3v) is 9.82. The molecule has 0 aliphatic rings. The molecule has 0 aliphatic carbocycles. The van der Waals surface area contributed by atoms with Crippen LogP contribution in [0.3, 0.4) is 0 Å². The molecular formula is C41H78NO8P. The molecule has 0 saturated carbocycles. The number of hydrogen-bond donors (Lipinski definition) is 2. The first-order valence-electron chi connectivity index (χ1n) is 20.8. The standard InChI is InChI=1S/C41H78NO8P/c1-3-5-7-9-11-13-15-17-19-21-23-25-27-29-31-33-40(43)47-37-39(38-49-51(45,46)48-36-35-42)50-41(44)34-32-30-28-26-24-22-20-18-16-14-12-10-8-6-4-2/h12,14,18,20,39H,3-11,13,15-17,19,21-38,42H2,1-2H3,(H,45,46)/b14-12+,20-18+/t39-/m1/s1. The maximum Gasteiger partial charge on any atom is 0.472 e. The van der Waals surface area contributed by atoms with Crippen molar-refractivity contribution in [1.82, 2.24) is 0 Å². The van der Waals surface area contributed by atoms with Gasteiger partial charge in [-0.15, -0.1) is 0 Å². The molecule has 0 saturated heterocycles. The Morgan fingerprint density at radius 3 is 1.53 bits per heavy atom. The fourth-order valence-electron chi connectivity index (χ4n) is 5.72. The van der Waals surface area contributed by atoms with Gasteiger partial charge in [-0.1, -0.05) is 160 Å². The first-order chi connectivity index (χ1) is 24.8. The van der Waals surface area contributed by atoms with E-state index in [-0.39, 0.29) is 38.6 Å². The molecule has 0 bridgehead atoms. The van der Waals surface area contributed by atoms with E-state index >= 15 is 0 Å². The van der Waals surface area contributed by atoms with Crippen molar-refractivity contribution in [3.8, 4) is 0 Å². The lowest BCUT2D eigenvalue weighted by atomic mass is 10.0. The smallest absolute Gasteiger partial charge is 0.462 e. The van der Waals surface area contributed by atoms with Crippen molar-refractivity contribution in [1.29, 1.82) is 0 Å². The van der Waals surface area contributed by atoms with Crippen molar-refractivity contribution in [3.63, 3.8) is 0 Å². The Kier molecular flexibility index (Phi) is 37.1. The molecule has 0 aromatic rings. The molecule has 0 fully saturated rings. The van der Waals surface area contributed by atoms with Gasteiger partial charge >= 0.3 is 19.8 Å². The second-order valence-electron chi connectivity index (χ2n) is 13.9. The minimum Gasteiger partial charge on any atom is -0.462 e. The summed E-state index contributed by atoms with van der Waals surface area (Å²) < 4.78 is 32.7. The van der Waals surface area contributed by atoms with Crippen LogP contribution in [0.4, 0.5) is 0 Å². The van der Waals surface area contributed by atoms with Gasteiger partial charge in [0.25, 0.3) is 0 Å². The number of carbonyl (C=O) groups excluding carboxylic acids is 2. The molecule has 10 heteroatoms. The first-order valence-corrected chi connectivity index (χ1v) is 22.3. The number of unbranched alkanes of at least 4 members (excludes halogenated alkanes) is 22. The number of ether oxygens (including phenoxy) is 2. The van der Waals surface area contributed by atoms with Crippen molar-refractivity contribution < 1.29 is 37.6 Å². The van der Waals surface area contributed by atoms with Crippen LogP contribution < -0.4 is 5.73 Å². The largest absolute Gasteiger partial charge is 0.472 e. The molecule has 0 heterocycles. The number of phosphoric acid groups is 1. The first kappa shape index (κ1) is 49.5. The van der Waals surface area contributed by atoms with E-state index in [2.05, 4.69) is 38.2 Å². The molecule has 2 atom stereocenters. The van der Waals surface area contributed by atoms with Crippen LogP contribution in [0.2, 0.25) is 0 Å². The fraction of sp³-hybridized carbons (Fsp3) is 0.854. The van der Waals surface area contributed by atoms with Crippen LogP contribution in [0.25, 0.3) is 0 Å². The molecular weight excluding hydrogens is 665 g/mol. The second-order valence-corrected chi connectivity index (χ2v) is 15.3. The molecule has 9 nitrogen and oxygen atoms in total. The Bertz CT molecular complexity index is 897. The molecule has 0 radical (unpaired) electrons. The molecule has 0 spiro atoms. The number of hydrogen-bond acceptors (Lipinski definition) is 8. The Labute approximate surface area is 312 Å². The van der Waals surface area contributed by atoms with E-state index in [0.717, 1.165) is 57.8 Å². The van der Waals surface area contributed by atoms with Crippen molar-refractivity contribution in [2.75, 3.05) is 26.4 Å². The Morgan fingerprint density at radius 2 is 1.02 bits per heavy atom. The van der Waals surface area contributed by atoms with Crippen LogP contribution in [0.1, 0.15) is 194 Å². The second kappa shape index (κ2) is 38.2. The molecule has 3 N–H and O–H groups in total. The highest BCUT2D eigenvalue weighted by molar-refractivity contribution is 7.47. The van der Waals surface area contributed by atoms with Gasteiger partial charge in [-0.3, -0.25) is 18.6 Å². The monoisotopic (exact) mass is 744 g/mol. The average Bonchev–Trinajstić information content (AvgIpc) is 3.11. The molecule has 0 rings (SSSR count). The van der Waals surface area contributed by atoms with Crippen LogP contribution in [0.15, 0.2) is 24.3 Å². The lowest BCUT2D eigenvalue weighted by Gasteiger charge is -2.19. The number of carbonyl (C=O) groups is 2. The molecule has 0 aromatic heterocycles. The number of allylic oxidation sites excluding steroid dienone is 4. The Hall–Kier alpha value is -1.51. The van der Waals surface area contributed by atoms with Crippen LogP contribution in [-0.2, 0) is 32.7 Å². The van der Waals surface area contributed by atoms with Crippen molar-refractivity contribution in [3.05, 3.63) is 24.3 Å². The van der Waals surface area contributed by atoms with E-state index in [1.54, 1.807) is 0 Å². The molecule has 0 amide bonds. The van der Waals surface area contributed by atoms with Gasteiger partial charge in [-0.25, -0.2) is 4.57 Å². The number of phosphoric ester groups is 1. The van der Waals surface area contributed by atoms with E-state index in [9.17, 15) is 19.0 Å². The zero-order chi connectivity index (χ0) is 37.5. The van der Waals surface area contributed by atoms with E-state index in [4.69, 9.17) is 24.3 Å². The summed E-state index contributed by atoms with van der Waals surface area (Å²) in [5, 5.41) is 0. The molecule has 51 heavy (non-hydrogen) atoms. The average molecular weight is 744 g/mol. The van der Waals surface area contributed by atoms with Gasteiger partial charge < -0.3 is 20.1 Å². The maximum absolute atomic E-state index is 12.5. The third-order valence-electron chi connectivity index (χ3n) is 8.84. The summed E-state index contributed by atoms with van der Waals surface area (Å²) in [5.74, 6) is -0.839. The molecule has 300 valence electrons. The summed E-state index contributed by atoms with van der Waals surface area (Å²) in [7, 11) is -4.37. The quantitative estimate of drug-likeness (QED) is 0.0273. The van der Waals surface area contributed by atoms with Crippen LogP contribution >= 0.6 is 7.82 Å². The highest BCUT2D eigenvalue weighted by Crippen LogP contribution is 2.43. The highest BCUT2D eigenvalue weighted by Gasteiger charge is 2.26. The minimum absolute atomic E-state index is 0.0524. The summed E-state index contributed by atoms with van der Waals surface area (Å²) >= 11 is 0. The van der Waals surface area contributed by atoms with Crippen LogP contribution in [0.5, 0.6) is 0 Å². The highest BCUT2D eigenvalue weighted by atomic mass is 31.2. The Balaban J connectivity index is 4.18. The predicted molar refractivity (Wildman–Crippen MR) is 211 cm³/mol. The SMILES string of the molecule is CCCCC/C=C/C/C=C/CCCCCCCC(=O)O[C@H](COC(=O)CCCCCCCCCCCCCCCCC)COP(=O)(O)OCCN. The zero-order valence-electron chi connectivity index (χ0n) is 32.8. The summed E-state index contributed by atoms with van der Waals surface area (Å²) in [5.41, 5.74) is 5.34. The van der Waals surface area contributed by atoms with Crippen molar-refractivity contribution in [2.45, 2.75) is 200 Å². The van der Waals surface area contributed by atoms with E-state index in [1.807, 2.05) is 0 Å². The summed E-state index contributed by atoms with van der Waals surface area (Å²) in [4.78, 5) is 34.8. The lowest BCUT2D eigenvalue weighted by molar-refractivity contribution is -0.161. The van der Waals surface area contributed by atoms with E-state index in [0.29, 0.717) is 6.42 Å². The lowest BCUT2D eigenvalue weighted by Crippen LogP contribution is -2.29. The molecule has 0 aliphatic heterocycles. The molecule has 0 aromatic carbocycles. The summed E-state index contributed by atoms with van der Waals surface area (Å²) in [6.45, 7) is 3.70. The number of nitrogens with two attached hydrogens (primary N) is 1. The van der Waals surface area contributed by atoms with E-state index < -0.39 is 26.5 Å². The van der Waals surface area contributed by atoms with Crippen LogP contribution in [0, 0.1) is 0 Å². The fourth-order valence-corrected chi connectivity index (χ4v) is 6.49. The Morgan fingerprint density at radius 1 is 0.588 bits per heavy atom. The summed E-state index contributed by atoms with van der Waals surface area (Å²) in [6, 6.07) is 0. The normalized spacial score (nSPS) is 13.6. The van der Waals surface area contributed by atoms with Gasteiger partial charge in [-0.2, -0.15) is 0 Å². The predicted octanol–water partition coefficient (Wildman–Crippen LogP) is 11.6. The van der Waals surface area contributed by atoms with Gasteiger partial charge in [0, 0.05) is 19.4 Å². The number of esters is 2. The van der Waals surface area contributed by atoms with Crippen molar-refractivity contribution >= 4 is 19.8 Å². The minimum atomic E-state index is -4.37. The van der Waals surface area contributed by atoms with Crippen molar-refractivity contribution in [2.24, 2.45) is 5.73 Å². The van der Waals surface area contributed by atoms with Gasteiger partial charge in [0.05, 0.1) is 13.2 Å². The summed E-state index contributed by atoms with van der Waals surface area (Å²) in [6.07, 6.45) is 39.1. The topological polar surface area (TPSA) is 134 Å². The van der Waals surface area contributed by atoms with Gasteiger partial charge in [-0.05, 0) is 44.9 Å². The van der Waals surface area contributed by atoms with Gasteiger partial charge in [0.1, 0.15) is 6.61 Å². The van der Waals surface area contributed by atoms with Gasteiger partial charge in [0.15, 0.2) is 6.10 Å². The molecule has 1 unspecified atom stereocenters. The van der Waals surface area contributed by atoms with Gasteiger partial charge in [0.2, 0.25) is 0 Å². The maximum atomic E-state index is 12.5. The third kappa shape index (κ3) is 38.0.